The van der Waals surface area contributed by atoms with Crippen LogP contribution in [0.3, 0.4) is 0 Å². The summed E-state index contributed by atoms with van der Waals surface area (Å²) in [7, 11) is 0. The molecule has 0 saturated carbocycles. The molecule has 0 spiro atoms. The van der Waals surface area contributed by atoms with E-state index in [1.807, 2.05) is 51.9 Å². The molecule has 1 fully saturated rings. The fourth-order valence-corrected chi connectivity index (χ4v) is 7.10. The van der Waals surface area contributed by atoms with Crippen molar-refractivity contribution in [1.82, 2.24) is 28.8 Å². The van der Waals surface area contributed by atoms with Crippen LogP contribution in [0, 0.1) is 5.92 Å². The van der Waals surface area contributed by atoms with Gasteiger partial charge in [0.05, 0.1) is 17.9 Å². The molecule has 0 radical (unpaired) electrons. The van der Waals surface area contributed by atoms with Crippen molar-refractivity contribution in [3.8, 4) is 5.69 Å². The quantitative estimate of drug-likeness (QED) is 0.401. The van der Waals surface area contributed by atoms with Crippen LogP contribution in [0.25, 0.3) is 16.7 Å². The molecule has 3 aromatic heterocycles. The number of rotatable bonds is 3. The van der Waals surface area contributed by atoms with Gasteiger partial charge in [-0.1, -0.05) is 36.0 Å². The zero-order valence-corrected chi connectivity index (χ0v) is 20.3. The van der Waals surface area contributed by atoms with Crippen LogP contribution in [-0.2, 0) is 11.3 Å². The second-order valence-corrected chi connectivity index (χ2v) is 10.9. The Bertz CT molecular complexity index is 1620. The van der Waals surface area contributed by atoms with Gasteiger partial charge in [0.15, 0.2) is 10.8 Å². The summed E-state index contributed by atoms with van der Waals surface area (Å²) in [5.74, 6) is 1.15. The number of piperidine rings is 1. The summed E-state index contributed by atoms with van der Waals surface area (Å²) in [6.45, 7) is 1.92. The number of carbonyl (C=O) groups is 1. The number of pyridine rings is 1. The zero-order chi connectivity index (χ0) is 24.4. The molecule has 3 atom stereocenters. The van der Waals surface area contributed by atoms with Crippen molar-refractivity contribution in [2.24, 2.45) is 5.92 Å². The highest BCUT2D eigenvalue weighted by molar-refractivity contribution is 7.99. The standard InChI is InChI=1S/C26H24N6O3S/c33-22-8-4-7-21-17-9-16(13-30(21)22)12-29(14-17)23(34)10-19-15-36-26-28-24-20(25(35)31(19)26)11-27-32(24)18-5-2-1-3-6-18/h1-8,11,16-17,19H,9-10,12-15H2. The third-order valence-electron chi connectivity index (χ3n) is 7.61. The molecule has 1 aromatic carbocycles. The van der Waals surface area contributed by atoms with Gasteiger partial charge in [0.2, 0.25) is 5.91 Å². The maximum Gasteiger partial charge on any atom is 0.265 e. The number of amides is 1. The maximum atomic E-state index is 13.5. The highest BCUT2D eigenvalue weighted by Gasteiger charge is 2.38. The van der Waals surface area contributed by atoms with Crippen molar-refractivity contribution in [3.05, 3.63) is 81.1 Å². The molecule has 0 N–H and O–H groups in total. The van der Waals surface area contributed by atoms with Gasteiger partial charge in [-0.3, -0.25) is 19.0 Å². The van der Waals surface area contributed by atoms with Crippen LogP contribution >= 0.6 is 11.8 Å². The molecule has 1 amide bonds. The Morgan fingerprint density at radius 3 is 2.75 bits per heavy atom. The molecule has 2 bridgehead atoms. The Labute approximate surface area is 210 Å². The first-order valence-electron chi connectivity index (χ1n) is 12.2. The highest BCUT2D eigenvalue weighted by Crippen LogP contribution is 2.37. The molecule has 7 rings (SSSR count). The molecule has 3 aliphatic rings. The molecule has 6 heterocycles. The fourth-order valence-electron chi connectivity index (χ4n) is 5.97. The average Bonchev–Trinajstić information content (AvgIpc) is 3.50. The van der Waals surface area contributed by atoms with Crippen LogP contribution in [0.1, 0.15) is 30.5 Å². The first-order valence-corrected chi connectivity index (χ1v) is 13.2. The number of likely N-dealkylation sites (tertiary alicyclic amines) is 1. The smallest absolute Gasteiger partial charge is 0.265 e. The first kappa shape index (κ1) is 21.6. The summed E-state index contributed by atoms with van der Waals surface area (Å²) in [5.41, 5.74) is 2.30. The largest absolute Gasteiger partial charge is 0.342 e. The third-order valence-corrected chi connectivity index (χ3v) is 8.71. The normalized spacial score (nSPS) is 22.4. The van der Waals surface area contributed by atoms with Gasteiger partial charge in [-0.15, -0.1) is 0 Å². The van der Waals surface area contributed by atoms with Gasteiger partial charge in [0.1, 0.15) is 5.39 Å². The van der Waals surface area contributed by atoms with Gasteiger partial charge in [-0.05, 0) is 30.5 Å². The van der Waals surface area contributed by atoms with Crippen molar-refractivity contribution in [3.63, 3.8) is 0 Å². The topological polar surface area (TPSA) is 95.0 Å². The third kappa shape index (κ3) is 3.35. The number of aromatic nitrogens is 5. The lowest BCUT2D eigenvalue weighted by atomic mass is 9.83. The van der Waals surface area contributed by atoms with E-state index in [-0.39, 0.29) is 41.3 Å². The zero-order valence-electron chi connectivity index (χ0n) is 19.5. The Hall–Kier alpha value is -3.66. The number of para-hydroxylation sites is 1. The lowest BCUT2D eigenvalue weighted by Gasteiger charge is -2.43. The van der Waals surface area contributed by atoms with E-state index >= 15 is 0 Å². The Morgan fingerprint density at radius 1 is 1.03 bits per heavy atom. The van der Waals surface area contributed by atoms with Gasteiger partial charge in [-0.2, -0.15) is 5.10 Å². The monoisotopic (exact) mass is 500 g/mol. The van der Waals surface area contributed by atoms with Gasteiger partial charge in [0, 0.05) is 49.5 Å². The van der Waals surface area contributed by atoms with Crippen LogP contribution in [0.5, 0.6) is 0 Å². The molecule has 182 valence electrons. The van der Waals surface area contributed by atoms with Gasteiger partial charge in [0.25, 0.3) is 11.1 Å². The van der Waals surface area contributed by atoms with Crippen LogP contribution < -0.4 is 11.1 Å². The van der Waals surface area contributed by atoms with E-state index in [4.69, 9.17) is 4.98 Å². The van der Waals surface area contributed by atoms with Crippen molar-refractivity contribution in [1.29, 1.82) is 0 Å². The number of benzene rings is 1. The predicted molar refractivity (Wildman–Crippen MR) is 136 cm³/mol. The van der Waals surface area contributed by atoms with Gasteiger partial charge < -0.3 is 9.47 Å². The summed E-state index contributed by atoms with van der Waals surface area (Å²) in [5, 5.41) is 5.50. The molecule has 0 aliphatic carbocycles. The second kappa shape index (κ2) is 8.19. The van der Waals surface area contributed by atoms with E-state index < -0.39 is 0 Å². The van der Waals surface area contributed by atoms with Crippen LogP contribution in [0.2, 0.25) is 0 Å². The van der Waals surface area contributed by atoms with E-state index in [0.717, 1.165) is 17.8 Å². The molecule has 36 heavy (non-hydrogen) atoms. The summed E-state index contributed by atoms with van der Waals surface area (Å²) in [6.07, 6.45) is 2.83. The number of hydrogen-bond donors (Lipinski definition) is 0. The van der Waals surface area contributed by atoms with E-state index in [0.29, 0.717) is 41.6 Å². The van der Waals surface area contributed by atoms with E-state index in [9.17, 15) is 14.4 Å². The predicted octanol–water partition coefficient (Wildman–Crippen LogP) is 2.43. The van der Waals surface area contributed by atoms with E-state index in [2.05, 4.69) is 5.10 Å². The van der Waals surface area contributed by atoms with Crippen molar-refractivity contribution >= 4 is 28.7 Å². The Balaban J connectivity index is 1.15. The summed E-state index contributed by atoms with van der Waals surface area (Å²) < 4.78 is 5.24. The minimum absolute atomic E-state index is 0.0374. The molecule has 3 aliphatic heterocycles. The number of nitrogens with zero attached hydrogens (tertiary/aromatic N) is 6. The molecule has 10 heteroatoms. The van der Waals surface area contributed by atoms with Gasteiger partial charge >= 0.3 is 0 Å². The number of thioether (sulfide) groups is 1. The summed E-state index contributed by atoms with van der Waals surface area (Å²) >= 11 is 1.51. The second-order valence-electron chi connectivity index (χ2n) is 9.86. The number of carbonyl (C=O) groups excluding carboxylic acids is 1. The van der Waals surface area contributed by atoms with Crippen molar-refractivity contribution in [2.45, 2.75) is 36.5 Å². The fraction of sp³-hybridized carbons (Fsp3) is 0.346. The molecule has 9 nitrogen and oxygen atoms in total. The van der Waals surface area contributed by atoms with Crippen molar-refractivity contribution in [2.75, 3.05) is 18.8 Å². The van der Waals surface area contributed by atoms with E-state index in [1.54, 1.807) is 21.5 Å². The summed E-state index contributed by atoms with van der Waals surface area (Å²) in [4.78, 5) is 45.9. The molecular weight excluding hydrogens is 476 g/mol. The van der Waals surface area contributed by atoms with Gasteiger partial charge in [-0.25, -0.2) is 9.67 Å². The van der Waals surface area contributed by atoms with E-state index in [1.165, 1.54) is 11.8 Å². The maximum absolute atomic E-state index is 13.5. The minimum atomic E-state index is -0.237. The summed E-state index contributed by atoms with van der Waals surface area (Å²) in [6, 6.07) is 14.8. The average molecular weight is 501 g/mol. The first-order chi connectivity index (χ1) is 17.6. The number of hydrogen-bond acceptors (Lipinski definition) is 6. The molecule has 3 unspecified atom stereocenters. The molecular formula is C26H24N6O3S. The lowest BCUT2D eigenvalue weighted by molar-refractivity contribution is -0.134. The lowest BCUT2D eigenvalue weighted by Crippen LogP contribution is -2.49. The minimum Gasteiger partial charge on any atom is -0.342 e. The Kier molecular flexibility index (Phi) is 4.92. The molecule has 1 saturated heterocycles. The Morgan fingerprint density at radius 2 is 1.89 bits per heavy atom. The molecule has 4 aromatic rings. The van der Waals surface area contributed by atoms with Crippen LogP contribution in [0.4, 0.5) is 0 Å². The SMILES string of the molecule is O=C(CC1CSc2nc3c(cnn3-c3ccccc3)c(=O)n21)N1CC2CC(C1)c1cccc(=O)n1C2. The van der Waals surface area contributed by atoms with Crippen LogP contribution in [-0.4, -0.2) is 53.5 Å². The van der Waals surface area contributed by atoms with Crippen molar-refractivity contribution < 1.29 is 4.79 Å². The highest BCUT2D eigenvalue weighted by atomic mass is 32.2. The number of fused-ring (bicyclic) bond motifs is 6. The van der Waals surface area contributed by atoms with Crippen LogP contribution in [0.15, 0.2) is 69.5 Å².